The van der Waals surface area contributed by atoms with Crippen LogP contribution in [0, 0.1) is 17.0 Å². The summed E-state index contributed by atoms with van der Waals surface area (Å²) in [4.78, 5) is 34.4. The van der Waals surface area contributed by atoms with Gasteiger partial charge in [0.15, 0.2) is 5.76 Å². The molecule has 2 N–H and O–H groups in total. The molecule has 136 valence electrons. The van der Waals surface area contributed by atoms with Gasteiger partial charge in [0.05, 0.1) is 6.07 Å². The van der Waals surface area contributed by atoms with E-state index in [1.165, 1.54) is 6.07 Å². The second kappa shape index (κ2) is 7.52. The minimum atomic E-state index is -0.724. The van der Waals surface area contributed by atoms with Crippen LogP contribution in [0.1, 0.15) is 26.5 Å². The van der Waals surface area contributed by atoms with Crippen molar-refractivity contribution < 1.29 is 18.9 Å². The number of nitrogens with zero attached hydrogens (tertiary/aromatic N) is 1. The summed E-state index contributed by atoms with van der Waals surface area (Å²) in [6.07, 6.45) is 0. The summed E-state index contributed by atoms with van der Waals surface area (Å²) in [7, 11) is 0. The van der Waals surface area contributed by atoms with Crippen LogP contribution in [0.2, 0.25) is 0 Å². The van der Waals surface area contributed by atoms with Crippen molar-refractivity contribution in [3.05, 3.63) is 87.7 Å². The molecule has 0 aliphatic heterocycles. The monoisotopic (exact) mass is 365 g/mol. The van der Waals surface area contributed by atoms with Gasteiger partial charge in [0, 0.05) is 16.9 Å². The van der Waals surface area contributed by atoms with Crippen molar-refractivity contribution in [1.29, 1.82) is 0 Å². The summed E-state index contributed by atoms with van der Waals surface area (Å²) in [5.74, 6) is -1.60. The Kier molecular flexibility index (Phi) is 4.98. The fourth-order valence-corrected chi connectivity index (χ4v) is 2.44. The Balaban J connectivity index is 1.71. The maximum Gasteiger partial charge on any atom is 0.433 e. The van der Waals surface area contributed by atoms with Gasteiger partial charge in [-0.25, -0.2) is 0 Å². The van der Waals surface area contributed by atoms with Crippen LogP contribution in [-0.2, 0) is 0 Å². The van der Waals surface area contributed by atoms with E-state index in [0.29, 0.717) is 16.9 Å². The first-order chi connectivity index (χ1) is 12.9. The quantitative estimate of drug-likeness (QED) is 0.524. The molecule has 8 heteroatoms. The molecule has 0 aliphatic rings. The molecule has 0 bridgehead atoms. The van der Waals surface area contributed by atoms with Gasteiger partial charge in [0.2, 0.25) is 0 Å². The molecule has 0 unspecified atom stereocenters. The zero-order chi connectivity index (χ0) is 19.4. The summed E-state index contributed by atoms with van der Waals surface area (Å²) < 4.78 is 4.86. The van der Waals surface area contributed by atoms with Crippen LogP contribution >= 0.6 is 0 Å². The Bertz CT molecular complexity index is 1030. The number of carbonyl (C=O) groups is 2. The summed E-state index contributed by atoms with van der Waals surface area (Å²) in [5, 5.41) is 16.0. The first kappa shape index (κ1) is 17.9. The minimum absolute atomic E-state index is 0.184. The standard InChI is InChI=1S/C19H15N3O5/c1-12-5-2-3-8-15(12)18(23)20-13-6-4-7-14(11-13)21-19(24)16-9-10-17(27-16)22(25)26/h2-11H,1H3,(H,20,23)(H,21,24). The lowest BCUT2D eigenvalue weighted by atomic mass is 10.1. The lowest BCUT2D eigenvalue weighted by Gasteiger charge is -2.09. The van der Waals surface area contributed by atoms with Gasteiger partial charge < -0.3 is 15.1 Å². The van der Waals surface area contributed by atoms with Gasteiger partial charge in [-0.05, 0) is 42.8 Å². The predicted octanol–water partition coefficient (Wildman–Crippen LogP) is 4.00. The second-order valence-electron chi connectivity index (χ2n) is 5.70. The maximum absolute atomic E-state index is 12.4. The average Bonchev–Trinajstić information content (AvgIpc) is 3.13. The van der Waals surface area contributed by atoms with Crippen molar-refractivity contribution in [1.82, 2.24) is 0 Å². The Morgan fingerprint density at radius 1 is 0.926 bits per heavy atom. The van der Waals surface area contributed by atoms with E-state index in [2.05, 4.69) is 10.6 Å². The van der Waals surface area contributed by atoms with Crippen molar-refractivity contribution in [2.45, 2.75) is 6.92 Å². The van der Waals surface area contributed by atoms with Crippen molar-refractivity contribution in [3.8, 4) is 0 Å². The first-order valence-corrected chi connectivity index (χ1v) is 7.96. The van der Waals surface area contributed by atoms with Crippen molar-refractivity contribution >= 4 is 29.1 Å². The number of amides is 2. The van der Waals surface area contributed by atoms with E-state index in [0.717, 1.165) is 11.6 Å². The number of anilines is 2. The number of furan rings is 1. The zero-order valence-corrected chi connectivity index (χ0v) is 14.3. The Labute approximate surface area is 154 Å². The lowest BCUT2D eigenvalue weighted by Crippen LogP contribution is -2.14. The van der Waals surface area contributed by atoms with Gasteiger partial charge in [0.25, 0.3) is 11.8 Å². The van der Waals surface area contributed by atoms with Crippen LogP contribution in [0.5, 0.6) is 0 Å². The topological polar surface area (TPSA) is 114 Å². The third-order valence-corrected chi connectivity index (χ3v) is 3.76. The van der Waals surface area contributed by atoms with E-state index in [1.807, 2.05) is 19.1 Å². The summed E-state index contributed by atoms with van der Waals surface area (Å²) >= 11 is 0. The molecule has 2 aromatic carbocycles. The Morgan fingerprint density at radius 3 is 2.22 bits per heavy atom. The number of carbonyl (C=O) groups excluding carboxylic acids is 2. The normalized spacial score (nSPS) is 10.3. The third kappa shape index (κ3) is 4.18. The van der Waals surface area contributed by atoms with Crippen LogP contribution in [0.15, 0.2) is 65.1 Å². The van der Waals surface area contributed by atoms with Crippen molar-refractivity contribution in [2.24, 2.45) is 0 Å². The molecule has 8 nitrogen and oxygen atoms in total. The largest absolute Gasteiger partial charge is 0.433 e. The third-order valence-electron chi connectivity index (χ3n) is 3.76. The highest BCUT2D eigenvalue weighted by Crippen LogP contribution is 2.20. The first-order valence-electron chi connectivity index (χ1n) is 7.96. The summed E-state index contributed by atoms with van der Waals surface area (Å²) in [6.45, 7) is 1.84. The van der Waals surface area contributed by atoms with E-state index < -0.39 is 16.7 Å². The number of benzene rings is 2. The molecule has 0 saturated carbocycles. The number of hydrogen-bond donors (Lipinski definition) is 2. The molecule has 0 atom stereocenters. The van der Waals surface area contributed by atoms with E-state index >= 15 is 0 Å². The van der Waals surface area contributed by atoms with Gasteiger partial charge in [-0.1, -0.05) is 24.3 Å². The highest BCUT2D eigenvalue weighted by molar-refractivity contribution is 6.06. The lowest BCUT2D eigenvalue weighted by molar-refractivity contribution is -0.402. The molecule has 0 spiro atoms. The molecular weight excluding hydrogens is 350 g/mol. The molecule has 0 fully saturated rings. The number of nitrogens with one attached hydrogen (secondary N) is 2. The van der Waals surface area contributed by atoms with Crippen molar-refractivity contribution in [3.63, 3.8) is 0 Å². The minimum Gasteiger partial charge on any atom is -0.395 e. The van der Waals surface area contributed by atoms with Crippen LogP contribution in [0.4, 0.5) is 17.3 Å². The van der Waals surface area contributed by atoms with Gasteiger partial charge >= 0.3 is 5.88 Å². The average molecular weight is 365 g/mol. The fourth-order valence-electron chi connectivity index (χ4n) is 2.44. The summed E-state index contributed by atoms with van der Waals surface area (Å²) in [6, 6.07) is 16.1. The molecule has 3 aromatic rings. The van der Waals surface area contributed by atoms with Crippen LogP contribution in [-0.4, -0.2) is 16.7 Å². The molecule has 27 heavy (non-hydrogen) atoms. The highest BCUT2D eigenvalue weighted by atomic mass is 16.6. The maximum atomic E-state index is 12.4. The second-order valence-corrected chi connectivity index (χ2v) is 5.70. The molecular formula is C19H15N3O5. The number of hydrogen-bond acceptors (Lipinski definition) is 5. The highest BCUT2D eigenvalue weighted by Gasteiger charge is 2.17. The Hall–Kier alpha value is -3.94. The predicted molar refractivity (Wildman–Crippen MR) is 98.9 cm³/mol. The van der Waals surface area contributed by atoms with E-state index in [9.17, 15) is 19.7 Å². The van der Waals surface area contributed by atoms with E-state index in [1.54, 1.807) is 36.4 Å². The molecule has 0 saturated heterocycles. The number of aryl methyl sites for hydroxylation is 1. The molecule has 0 radical (unpaired) electrons. The number of rotatable bonds is 5. The fraction of sp³-hybridized carbons (Fsp3) is 0.0526. The molecule has 1 heterocycles. The molecule has 3 rings (SSSR count). The Morgan fingerprint density at radius 2 is 1.59 bits per heavy atom. The molecule has 1 aromatic heterocycles. The van der Waals surface area contributed by atoms with Gasteiger partial charge in [0.1, 0.15) is 4.92 Å². The van der Waals surface area contributed by atoms with Gasteiger partial charge in [-0.3, -0.25) is 19.7 Å². The molecule has 2 amide bonds. The SMILES string of the molecule is Cc1ccccc1C(=O)Nc1cccc(NC(=O)c2ccc([N+](=O)[O-])o2)c1. The van der Waals surface area contributed by atoms with E-state index in [4.69, 9.17) is 4.42 Å². The van der Waals surface area contributed by atoms with E-state index in [-0.39, 0.29) is 11.7 Å². The number of nitro groups is 1. The zero-order valence-electron chi connectivity index (χ0n) is 14.3. The smallest absolute Gasteiger partial charge is 0.395 e. The van der Waals surface area contributed by atoms with Crippen LogP contribution in [0.25, 0.3) is 0 Å². The molecule has 0 aliphatic carbocycles. The van der Waals surface area contributed by atoms with Gasteiger partial charge in [-0.15, -0.1) is 0 Å². The van der Waals surface area contributed by atoms with Gasteiger partial charge in [-0.2, -0.15) is 0 Å². The van der Waals surface area contributed by atoms with Crippen LogP contribution in [0.3, 0.4) is 0 Å². The van der Waals surface area contributed by atoms with Crippen LogP contribution < -0.4 is 10.6 Å². The van der Waals surface area contributed by atoms with Crippen molar-refractivity contribution in [2.75, 3.05) is 10.6 Å². The summed E-state index contributed by atoms with van der Waals surface area (Å²) in [5.41, 5.74) is 2.29.